The van der Waals surface area contributed by atoms with Crippen LogP contribution in [0.1, 0.15) is 15.4 Å². The van der Waals surface area contributed by atoms with Crippen LogP contribution in [0.5, 0.6) is 5.75 Å². The molecular weight excluding hydrogens is 344 g/mol. The Morgan fingerprint density at radius 2 is 2.04 bits per heavy atom. The molecule has 1 aromatic heterocycles. The highest BCUT2D eigenvalue weighted by molar-refractivity contribution is 7.09. The van der Waals surface area contributed by atoms with Gasteiger partial charge in [0.2, 0.25) is 0 Å². The molecule has 0 unspecified atom stereocenters. The van der Waals surface area contributed by atoms with E-state index in [9.17, 15) is 4.79 Å². The van der Waals surface area contributed by atoms with Crippen LogP contribution >= 0.6 is 22.9 Å². The lowest BCUT2D eigenvalue weighted by atomic mass is 10.1. The number of nitrogens with one attached hydrogen (secondary N) is 1. The maximum Gasteiger partial charge on any atom is 0.259 e. The van der Waals surface area contributed by atoms with Crippen LogP contribution in [0.3, 0.4) is 0 Å². The number of para-hydroxylation sites is 1. The average molecular weight is 359 g/mol. The van der Waals surface area contributed by atoms with E-state index in [-0.39, 0.29) is 5.91 Å². The van der Waals surface area contributed by atoms with Gasteiger partial charge in [-0.05, 0) is 31.2 Å². The molecule has 0 bridgehead atoms. The Morgan fingerprint density at radius 1 is 1.25 bits per heavy atom. The molecule has 6 heteroatoms. The van der Waals surface area contributed by atoms with Crippen LogP contribution in [-0.4, -0.2) is 18.0 Å². The molecule has 4 nitrogen and oxygen atoms in total. The standard InChI is InChI=1S/C18H15ClN2O2S/c1-11-20-16(10-24-11)13-5-3-4-6-15(13)21-18(22)14-9-12(19)7-8-17(14)23-2/h3-10H,1-2H3,(H,21,22). The van der Waals surface area contributed by atoms with E-state index in [2.05, 4.69) is 10.3 Å². The van der Waals surface area contributed by atoms with E-state index in [1.807, 2.05) is 36.6 Å². The van der Waals surface area contributed by atoms with Gasteiger partial charge in [0.25, 0.3) is 5.91 Å². The molecule has 0 aliphatic heterocycles. The number of ether oxygens (including phenoxy) is 1. The highest BCUT2D eigenvalue weighted by Crippen LogP contribution is 2.30. The molecule has 0 atom stereocenters. The Balaban J connectivity index is 1.95. The molecular formula is C18H15ClN2O2S. The van der Waals surface area contributed by atoms with Crippen molar-refractivity contribution < 1.29 is 9.53 Å². The number of thiazole rings is 1. The van der Waals surface area contributed by atoms with Gasteiger partial charge in [-0.25, -0.2) is 4.98 Å². The van der Waals surface area contributed by atoms with Crippen molar-refractivity contribution in [2.24, 2.45) is 0 Å². The predicted molar refractivity (Wildman–Crippen MR) is 98.2 cm³/mol. The molecule has 1 heterocycles. The summed E-state index contributed by atoms with van der Waals surface area (Å²) in [6.07, 6.45) is 0. The van der Waals surface area contributed by atoms with Gasteiger partial charge >= 0.3 is 0 Å². The van der Waals surface area contributed by atoms with Gasteiger partial charge < -0.3 is 10.1 Å². The molecule has 3 aromatic rings. The lowest BCUT2D eigenvalue weighted by Gasteiger charge is -2.12. The van der Waals surface area contributed by atoms with Gasteiger partial charge in [0, 0.05) is 16.0 Å². The second-order valence-electron chi connectivity index (χ2n) is 5.10. The molecule has 2 aromatic carbocycles. The van der Waals surface area contributed by atoms with E-state index in [0.717, 1.165) is 16.3 Å². The first-order chi connectivity index (χ1) is 11.6. The third kappa shape index (κ3) is 3.42. The zero-order valence-corrected chi connectivity index (χ0v) is 14.7. The van der Waals surface area contributed by atoms with Crippen molar-refractivity contribution in [1.29, 1.82) is 0 Å². The zero-order chi connectivity index (χ0) is 17.1. The number of hydrogen-bond donors (Lipinski definition) is 1. The Kier molecular flexibility index (Phi) is 4.83. The van der Waals surface area contributed by atoms with E-state index in [1.165, 1.54) is 7.11 Å². The summed E-state index contributed by atoms with van der Waals surface area (Å²) in [4.78, 5) is 17.2. The topological polar surface area (TPSA) is 51.2 Å². The van der Waals surface area contributed by atoms with Crippen LogP contribution in [0.25, 0.3) is 11.3 Å². The van der Waals surface area contributed by atoms with Gasteiger partial charge in [-0.3, -0.25) is 4.79 Å². The monoisotopic (exact) mass is 358 g/mol. The second kappa shape index (κ2) is 7.03. The predicted octanol–water partition coefficient (Wildman–Crippen LogP) is 5.03. The number of hydrogen-bond acceptors (Lipinski definition) is 4. The number of carbonyl (C=O) groups excluding carboxylic acids is 1. The van der Waals surface area contributed by atoms with Crippen molar-refractivity contribution in [1.82, 2.24) is 4.98 Å². The molecule has 0 radical (unpaired) electrons. The number of methoxy groups -OCH3 is 1. The lowest BCUT2D eigenvalue weighted by Crippen LogP contribution is -2.14. The quantitative estimate of drug-likeness (QED) is 0.711. The Hall–Kier alpha value is -2.37. The number of anilines is 1. The smallest absolute Gasteiger partial charge is 0.259 e. The first kappa shape index (κ1) is 16.5. The summed E-state index contributed by atoms with van der Waals surface area (Å²) < 4.78 is 5.25. The summed E-state index contributed by atoms with van der Waals surface area (Å²) in [5.74, 6) is 0.188. The summed E-state index contributed by atoms with van der Waals surface area (Å²) in [6, 6.07) is 12.5. The minimum Gasteiger partial charge on any atom is -0.496 e. The second-order valence-corrected chi connectivity index (χ2v) is 6.59. The molecule has 1 amide bonds. The molecule has 1 N–H and O–H groups in total. The minimum atomic E-state index is -0.284. The number of carbonyl (C=O) groups is 1. The number of amides is 1. The van der Waals surface area contributed by atoms with Crippen LogP contribution in [0.4, 0.5) is 5.69 Å². The number of aromatic nitrogens is 1. The summed E-state index contributed by atoms with van der Waals surface area (Å²) in [5, 5.41) is 6.35. The highest BCUT2D eigenvalue weighted by atomic mass is 35.5. The average Bonchev–Trinajstić information content (AvgIpc) is 3.01. The molecule has 3 rings (SSSR count). The molecule has 0 aliphatic carbocycles. The summed E-state index contributed by atoms with van der Waals surface area (Å²) in [7, 11) is 1.52. The van der Waals surface area contributed by atoms with Crippen molar-refractivity contribution >= 4 is 34.5 Å². The normalized spacial score (nSPS) is 10.5. The van der Waals surface area contributed by atoms with E-state index in [1.54, 1.807) is 29.5 Å². The summed E-state index contributed by atoms with van der Waals surface area (Å²) in [6.45, 7) is 1.95. The molecule has 0 saturated carbocycles. The third-order valence-electron chi connectivity index (χ3n) is 3.48. The largest absolute Gasteiger partial charge is 0.496 e. The molecule has 0 spiro atoms. The molecule has 122 valence electrons. The van der Waals surface area contributed by atoms with Crippen LogP contribution in [0.2, 0.25) is 5.02 Å². The SMILES string of the molecule is COc1ccc(Cl)cc1C(=O)Nc1ccccc1-c1csc(C)n1. The number of nitrogens with zero attached hydrogens (tertiary/aromatic N) is 1. The van der Waals surface area contributed by atoms with Crippen molar-refractivity contribution in [3.63, 3.8) is 0 Å². The van der Waals surface area contributed by atoms with Gasteiger partial charge in [0.15, 0.2) is 0 Å². The highest BCUT2D eigenvalue weighted by Gasteiger charge is 2.16. The van der Waals surface area contributed by atoms with Gasteiger partial charge in [0.05, 0.1) is 29.1 Å². The Morgan fingerprint density at radius 3 is 2.75 bits per heavy atom. The molecule has 0 fully saturated rings. The summed E-state index contributed by atoms with van der Waals surface area (Å²) >= 11 is 7.58. The third-order valence-corrected chi connectivity index (χ3v) is 4.48. The van der Waals surface area contributed by atoms with Gasteiger partial charge in [-0.1, -0.05) is 29.8 Å². The fourth-order valence-corrected chi connectivity index (χ4v) is 3.13. The minimum absolute atomic E-state index is 0.284. The van der Waals surface area contributed by atoms with Crippen molar-refractivity contribution in [3.05, 3.63) is 63.4 Å². The van der Waals surface area contributed by atoms with Crippen LogP contribution in [0.15, 0.2) is 47.8 Å². The summed E-state index contributed by atoms with van der Waals surface area (Å²) in [5.41, 5.74) is 2.78. The van der Waals surface area contributed by atoms with E-state index in [0.29, 0.717) is 22.0 Å². The van der Waals surface area contributed by atoms with E-state index < -0.39 is 0 Å². The van der Waals surface area contributed by atoms with Crippen LogP contribution < -0.4 is 10.1 Å². The lowest BCUT2D eigenvalue weighted by molar-refractivity contribution is 0.102. The molecule has 0 aliphatic rings. The first-order valence-corrected chi connectivity index (χ1v) is 8.50. The number of rotatable bonds is 4. The Bertz CT molecular complexity index is 892. The fraction of sp³-hybridized carbons (Fsp3) is 0.111. The zero-order valence-electron chi connectivity index (χ0n) is 13.2. The maximum atomic E-state index is 12.7. The van der Waals surface area contributed by atoms with E-state index >= 15 is 0 Å². The fourth-order valence-electron chi connectivity index (χ4n) is 2.35. The first-order valence-electron chi connectivity index (χ1n) is 7.25. The number of aryl methyl sites for hydroxylation is 1. The van der Waals surface area contributed by atoms with Crippen molar-refractivity contribution in [2.45, 2.75) is 6.92 Å². The molecule has 24 heavy (non-hydrogen) atoms. The van der Waals surface area contributed by atoms with Crippen LogP contribution in [-0.2, 0) is 0 Å². The number of halogens is 1. The number of benzene rings is 2. The van der Waals surface area contributed by atoms with E-state index in [4.69, 9.17) is 16.3 Å². The maximum absolute atomic E-state index is 12.7. The van der Waals surface area contributed by atoms with Crippen molar-refractivity contribution in [3.8, 4) is 17.0 Å². The van der Waals surface area contributed by atoms with Crippen molar-refractivity contribution in [2.75, 3.05) is 12.4 Å². The molecule has 0 saturated heterocycles. The van der Waals surface area contributed by atoms with Gasteiger partial charge in [-0.2, -0.15) is 0 Å². The van der Waals surface area contributed by atoms with Gasteiger partial charge in [0.1, 0.15) is 5.75 Å². The van der Waals surface area contributed by atoms with Gasteiger partial charge in [-0.15, -0.1) is 11.3 Å². The van der Waals surface area contributed by atoms with Crippen LogP contribution in [0, 0.1) is 6.92 Å². The Labute approximate surface area is 149 Å².